The van der Waals surface area contributed by atoms with Crippen LogP contribution in [0.15, 0.2) is 67.0 Å². The van der Waals surface area contributed by atoms with E-state index in [1.165, 1.54) is 12.1 Å². The van der Waals surface area contributed by atoms with E-state index in [0.29, 0.717) is 12.1 Å². The van der Waals surface area contributed by atoms with Gasteiger partial charge in [-0.3, -0.25) is 4.79 Å². The maximum atomic E-state index is 13.1. The summed E-state index contributed by atoms with van der Waals surface area (Å²) in [6.07, 6.45) is 4.28. The van der Waals surface area contributed by atoms with E-state index >= 15 is 0 Å². The Balaban J connectivity index is 1.67. The number of nitrogens with one attached hydrogen (secondary N) is 1. The average molecular weight is 309 g/mol. The Morgan fingerprint density at radius 2 is 2.00 bits per heavy atom. The fraction of sp³-hybridized carbons (Fsp3) is 0.111. The van der Waals surface area contributed by atoms with Crippen LogP contribution in [-0.2, 0) is 11.2 Å². The molecule has 0 saturated carbocycles. The van der Waals surface area contributed by atoms with E-state index in [1.54, 1.807) is 16.9 Å². The molecular weight excluding hydrogens is 293 g/mol. The minimum atomic E-state index is -0.285. The zero-order valence-corrected chi connectivity index (χ0v) is 12.4. The van der Waals surface area contributed by atoms with Crippen molar-refractivity contribution >= 4 is 11.6 Å². The largest absolute Gasteiger partial charge is 0.324 e. The van der Waals surface area contributed by atoms with E-state index in [4.69, 9.17) is 0 Å². The number of anilines is 1. The van der Waals surface area contributed by atoms with Gasteiger partial charge in [-0.15, -0.1) is 0 Å². The molecule has 0 aliphatic heterocycles. The highest BCUT2D eigenvalue weighted by atomic mass is 19.1. The van der Waals surface area contributed by atoms with Crippen LogP contribution in [0.5, 0.6) is 0 Å². The molecule has 0 atom stereocenters. The summed E-state index contributed by atoms with van der Waals surface area (Å²) in [5.74, 6) is -0.402. The summed E-state index contributed by atoms with van der Waals surface area (Å²) < 4.78 is 14.8. The summed E-state index contributed by atoms with van der Waals surface area (Å²) in [6.45, 7) is 0. The number of carbonyl (C=O) groups excluding carboxylic acids is 1. The molecule has 1 amide bonds. The van der Waals surface area contributed by atoms with E-state index in [2.05, 4.69) is 10.4 Å². The van der Waals surface area contributed by atoms with Crippen LogP contribution in [0, 0.1) is 5.82 Å². The third-order valence-electron chi connectivity index (χ3n) is 3.46. The Morgan fingerprint density at radius 1 is 1.13 bits per heavy atom. The number of hydrogen-bond donors (Lipinski definition) is 1. The molecule has 0 aliphatic carbocycles. The average Bonchev–Trinajstić information content (AvgIpc) is 3.08. The van der Waals surface area contributed by atoms with Gasteiger partial charge >= 0.3 is 0 Å². The Morgan fingerprint density at radius 3 is 2.78 bits per heavy atom. The number of benzene rings is 2. The van der Waals surface area contributed by atoms with E-state index in [0.717, 1.165) is 11.3 Å². The number of halogens is 1. The summed E-state index contributed by atoms with van der Waals surface area (Å²) in [5.41, 5.74) is 2.30. The van der Waals surface area contributed by atoms with Crippen LogP contribution in [-0.4, -0.2) is 15.7 Å². The van der Waals surface area contributed by atoms with Crippen LogP contribution < -0.4 is 5.32 Å². The molecule has 1 N–H and O–H groups in total. The second kappa shape index (κ2) is 6.87. The normalized spacial score (nSPS) is 10.5. The van der Waals surface area contributed by atoms with Crippen molar-refractivity contribution in [2.45, 2.75) is 12.8 Å². The lowest BCUT2D eigenvalue weighted by Gasteiger charge is -2.11. The predicted molar refractivity (Wildman–Crippen MR) is 86.9 cm³/mol. The smallest absolute Gasteiger partial charge is 0.224 e. The highest BCUT2D eigenvalue weighted by Crippen LogP contribution is 2.19. The van der Waals surface area contributed by atoms with Crippen LogP contribution in [0.25, 0.3) is 5.69 Å². The third kappa shape index (κ3) is 3.83. The summed E-state index contributed by atoms with van der Waals surface area (Å²) >= 11 is 0. The third-order valence-corrected chi connectivity index (χ3v) is 3.46. The molecule has 0 unspecified atom stereocenters. The van der Waals surface area contributed by atoms with Crippen molar-refractivity contribution in [1.29, 1.82) is 0 Å². The first kappa shape index (κ1) is 15.0. The van der Waals surface area contributed by atoms with Gasteiger partial charge < -0.3 is 5.32 Å². The first-order valence-corrected chi connectivity index (χ1v) is 7.36. The maximum absolute atomic E-state index is 13.1. The number of amides is 1. The van der Waals surface area contributed by atoms with E-state index < -0.39 is 0 Å². The zero-order valence-electron chi connectivity index (χ0n) is 12.4. The van der Waals surface area contributed by atoms with Gasteiger partial charge in [0.15, 0.2) is 0 Å². The van der Waals surface area contributed by atoms with Crippen LogP contribution in [0.4, 0.5) is 10.1 Å². The molecule has 1 heterocycles. The highest BCUT2D eigenvalue weighted by molar-refractivity contribution is 5.92. The van der Waals surface area contributed by atoms with Crippen molar-refractivity contribution in [3.63, 3.8) is 0 Å². The monoisotopic (exact) mass is 309 g/mol. The lowest BCUT2D eigenvalue weighted by Crippen LogP contribution is -2.14. The molecule has 0 spiro atoms. The van der Waals surface area contributed by atoms with Gasteiger partial charge in [0, 0.05) is 18.8 Å². The highest BCUT2D eigenvalue weighted by Gasteiger charge is 2.08. The van der Waals surface area contributed by atoms with Gasteiger partial charge in [-0.2, -0.15) is 5.10 Å². The van der Waals surface area contributed by atoms with Crippen LogP contribution >= 0.6 is 0 Å². The number of hydrogen-bond acceptors (Lipinski definition) is 2. The standard InChI is InChI=1S/C18H16FN3O/c19-15-6-3-5-14(13-15)9-10-18(23)21-16-7-1-2-8-17(16)22-12-4-11-20-22/h1-8,11-13H,9-10H2,(H,21,23). The molecule has 0 saturated heterocycles. The fourth-order valence-electron chi connectivity index (χ4n) is 2.35. The van der Waals surface area contributed by atoms with Gasteiger partial charge in [-0.25, -0.2) is 9.07 Å². The van der Waals surface area contributed by atoms with E-state index in [9.17, 15) is 9.18 Å². The summed E-state index contributed by atoms with van der Waals surface area (Å²) in [4.78, 5) is 12.2. The van der Waals surface area contributed by atoms with Crippen LogP contribution in [0.2, 0.25) is 0 Å². The fourth-order valence-corrected chi connectivity index (χ4v) is 2.35. The second-order valence-electron chi connectivity index (χ2n) is 5.15. The molecule has 2 aromatic carbocycles. The number of rotatable bonds is 5. The Kier molecular flexibility index (Phi) is 4.47. The Labute approximate surface area is 133 Å². The molecule has 0 radical (unpaired) electrons. The first-order valence-electron chi connectivity index (χ1n) is 7.36. The van der Waals surface area contributed by atoms with Gasteiger partial charge in [-0.1, -0.05) is 24.3 Å². The maximum Gasteiger partial charge on any atom is 0.224 e. The number of para-hydroxylation sites is 2. The van der Waals surface area contributed by atoms with E-state index in [1.807, 2.05) is 42.6 Å². The number of carbonyl (C=O) groups is 1. The predicted octanol–water partition coefficient (Wildman–Crippen LogP) is 3.58. The molecule has 3 rings (SSSR count). The topological polar surface area (TPSA) is 46.9 Å². The van der Waals surface area contributed by atoms with Gasteiger partial charge in [0.2, 0.25) is 5.91 Å². The lowest BCUT2D eigenvalue weighted by atomic mass is 10.1. The quantitative estimate of drug-likeness (QED) is 0.783. The van der Waals surface area contributed by atoms with Gasteiger partial charge in [-0.05, 0) is 42.3 Å². The van der Waals surface area contributed by atoms with E-state index in [-0.39, 0.29) is 18.1 Å². The van der Waals surface area contributed by atoms with Crippen LogP contribution in [0.1, 0.15) is 12.0 Å². The Bertz CT molecular complexity index is 800. The van der Waals surface area contributed by atoms with Gasteiger partial charge in [0.05, 0.1) is 11.4 Å². The summed E-state index contributed by atoms with van der Waals surface area (Å²) in [6, 6.07) is 15.6. The molecule has 23 heavy (non-hydrogen) atoms. The molecule has 0 bridgehead atoms. The van der Waals surface area contributed by atoms with Gasteiger partial charge in [0.1, 0.15) is 5.82 Å². The zero-order chi connectivity index (χ0) is 16.1. The number of aromatic nitrogens is 2. The second-order valence-corrected chi connectivity index (χ2v) is 5.15. The minimum Gasteiger partial charge on any atom is -0.324 e. The molecule has 0 aliphatic rings. The SMILES string of the molecule is O=C(CCc1cccc(F)c1)Nc1ccccc1-n1cccn1. The molecule has 1 aromatic heterocycles. The summed E-state index contributed by atoms with van der Waals surface area (Å²) in [5, 5.41) is 7.07. The minimum absolute atomic E-state index is 0.117. The Hall–Kier alpha value is -2.95. The van der Waals surface area contributed by atoms with Crippen LogP contribution in [0.3, 0.4) is 0 Å². The van der Waals surface area contributed by atoms with Crippen molar-refractivity contribution in [2.24, 2.45) is 0 Å². The van der Waals surface area contributed by atoms with Crippen molar-refractivity contribution in [2.75, 3.05) is 5.32 Å². The number of aryl methyl sites for hydroxylation is 1. The molecule has 3 aromatic rings. The van der Waals surface area contributed by atoms with Crippen molar-refractivity contribution in [3.8, 4) is 5.69 Å². The molecule has 5 heteroatoms. The molecule has 4 nitrogen and oxygen atoms in total. The van der Waals surface area contributed by atoms with Crippen molar-refractivity contribution in [3.05, 3.63) is 78.4 Å². The first-order chi connectivity index (χ1) is 11.2. The number of nitrogens with zero attached hydrogens (tertiary/aromatic N) is 2. The lowest BCUT2D eigenvalue weighted by molar-refractivity contribution is -0.116. The molecular formula is C18H16FN3O. The van der Waals surface area contributed by atoms with Gasteiger partial charge in [0.25, 0.3) is 0 Å². The van der Waals surface area contributed by atoms with Crippen molar-refractivity contribution < 1.29 is 9.18 Å². The molecule has 0 fully saturated rings. The summed E-state index contributed by atoms with van der Waals surface area (Å²) in [7, 11) is 0. The molecule has 116 valence electrons. The van der Waals surface area contributed by atoms with Crippen molar-refractivity contribution in [1.82, 2.24) is 9.78 Å².